The summed E-state index contributed by atoms with van der Waals surface area (Å²) in [5, 5.41) is 5.35. The summed E-state index contributed by atoms with van der Waals surface area (Å²) < 4.78 is 0. The Hall–Kier alpha value is -2.34. The molecule has 0 atom stereocenters. The maximum Gasteiger partial charge on any atom is -0.00300 e. The van der Waals surface area contributed by atoms with Crippen LogP contribution in [0.4, 0.5) is 0 Å². The zero-order chi connectivity index (χ0) is 14.8. The van der Waals surface area contributed by atoms with Crippen molar-refractivity contribution >= 4 is 27.1 Å². The molecule has 0 spiro atoms. The molecule has 0 amide bonds. The molecule has 3 rings (SSSR count). The highest BCUT2D eigenvalue weighted by atomic mass is 14.2. The molecule has 21 heavy (non-hydrogen) atoms. The van der Waals surface area contributed by atoms with E-state index in [1.54, 1.807) is 0 Å². The monoisotopic (exact) mass is 272 g/mol. The van der Waals surface area contributed by atoms with Crippen LogP contribution in [0.25, 0.3) is 27.1 Å². The SMILES string of the molecule is C/C=C\C(=C/C)c1c2ccccc2c(C)c2ccccc12. The molecule has 0 fully saturated rings. The Balaban J connectivity index is 2.57. The Morgan fingerprint density at radius 3 is 1.67 bits per heavy atom. The quantitative estimate of drug-likeness (QED) is 0.380. The molecule has 0 N–H and O–H groups in total. The first-order valence-electron chi connectivity index (χ1n) is 7.47. The van der Waals surface area contributed by atoms with Crippen molar-refractivity contribution in [2.75, 3.05) is 0 Å². The first-order valence-corrected chi connectivity index (χ1v) is 7.47. The molecular weight excluding hydrogens is 252 g/mol. The average Bonchev–Trinajstić information content (AvgIpc) is 2.54. The third-order valence-corrected chi connectivity index (χ3v) is 4.15. The van der Waals surface area contributed by atoms with Crippen molar-refractivity contribution in [2.24, 2.45) is 0 Å². The highest BCUT2D eigenvalue weighted by molar-refractivity contribution is 6.12. The third kappa shape index (κ3) is 2.17. The maximum absolute atomic E-state index is 2.23. The lowest BCUT2D eigenvalue weighted by Crippen LogP contribution is -1.91. The molecule has 0 radical (unpaired) electrons. The molecule has 0 aromatic heterocycles. The molecule has 3 aromatic carbocycles. The molecule has 0 aliphatic rings. The van der Waals surface area contributed by atoms with Crippen LogP contribution >= 0.6 is 0 Å². The van der Waals surface area contributed by atoms with Crippen LogP contribution in [0.5, 0.6) is 0 Å². The number of allylic oxidation sites excluding steroid dienone is 4. The zero-order valence-electron chi connectivity index (χ0n) is 12.9. The molecule has 0 heteroatoms. The minimum atomic E-state index is 1.28. The second-order valence-electron chi connectivity index (χ2n) is 5.34. The lowest BCUT2D eigenvalue weighted by Gasteiger charge is -2.15. The summed E-state index contributed by atoms with van der Waals surface area (Å²) in [6, 6.07) is 17.4. The van der Waals surface area contributed by atoms with E-state index in [0.29, 0.717) is 0 Å². The first-order chi connectivity index (χ1) is 10.3. The summed E-state index contributed by atoms with van der Waals surface area (Å²) in [4.78, 5) is 0. The number of fused-ring (bicyclic) bond motifs is 2. The van der Waals surface area contributed by atoms with Crippen LogP contribution < -0.4 is 0 Å². The van der Waals surface area contributed by atoms with E-state index in [-0.39, 0.29) is 0 Å². The van der Waals surface area contributed by atoms with Crippen molar-refractivity contribution in [3.63, 3.8) is 0 Å². The summed E-state index contributed by atoms with van der Waals surface area (Å²) >= 11 is 0. The van der Waals surface area contributed by atoms with Crippen LogP contribution in [-0.4, -0.2) is 0 Å². The number of aryl methyl sites for hydroxylation is 1. The molecule has 0 saturated heterocycles. The highest BCUT2D eigenvalue weighted by Crippen LogP contribution is 2.36. The van der Waals surface area contributed by atoms with E-state index in [4.69, 9.17) is 0 Å². The Labute approximate surface area is 126 Å². The smallest absolute Gasteiger partial charge is 0.00300 e. The van der Waals surface area contributed by atoms with Crippen LogP contribution in [0.15, 0.2) is 66.8 Å². The van der Waals surface area contributed by atoms with Gasteiger partial charge in [-0.1, -0.05) is 66.8 Å². The molecule has 0 saturated carbocycles. The number of hydrogen-bond donors (Lipinski definition) is 0. The van der Waals surface area contributed by atoms with Crippen molar-refractivity contribution in [2.45, 2.75) is 20.8 Å². The first kappa shape index (κ1) is 13.6. The fourth-order valence-electron chi connectivity index (χ4n) is 3.16. The molecular formula is C21H20. The van der Waals surface area contributed by atoms with E-state index in [1.165, 1.54) is 38.2 Å². The summed E-state index contributed by atoms with van der Waals surface area (Å²) in [7, 11) is 0. The topological polar surface area (TPSA) is 0 Å². The van der Waals surface area contributed by atoms with Gasteiger partial charge in [-0.05, 0) is 59.0 Å². The molecule has 104 valence electrons. The van der Waals surface area contributed by atoms with Gasteiger partial charge in [0.1, 0.15) is 0 Å². The fraction of sp³-hybridized carbons (Fsp3) is 0.143. The van der Waals surface area contributed by atoms with Gasteiger partial charge >= 0.3 is 0 Å². The zero-order valence-corrected chi connectivity index (χ0v) is 12.9. The molecule has 0 unspecified atom stereocenters. The van der Waals surface area contributed by atoms with Crippen molar-refractivity contribution in [1.82, 2.24) is 0 Å². The summed E-state index contributed by atoms with van der Waals surface area (Å²) in [5.41, 5.74) is 3.98. The van der Waals surface area contributed by atoms with Gasteiger partial charge in [-0.25, -0.2) is 0 Å². The van der Waals surface area contributed by atoms with Crippen LogP contribution in [0.3, 0.4) is 0 Å². The number of rotatable bonds is 2. The Morgan fingerprint density at radius 2 is 1.24 bits per heavy atom. The second-order valence-corrected chi connectivity index (χ2v) is 5.34. The average molecular weight is 272 g/mol. The molecule has 0 bridgehead atoms. The van der Waals surface area contributed by atoms with Crippen LogP contribution in [0, 0.1) is 6.92 Å². The highest BCUT2D eigenvalue weighted by Gasteiger charge is 2.12. The predicted octanol–water partition coefficient (Wildman–Crippen LogP) is 6.28. The summed E-state index contributed by atoms with van der Waals surface area (Å²) in [5.74, 6) is 0. The molecule has 0 heterocycles. The Kier molecular flexibility index (Phi) is 3.62. The molecule has 0 nitrogen and oxygen atoms in total. The van der Waals surface area contributed by atoms with Gasteiger partial charge in [0.05, 0.1) is 0 Å². The second kappa shape index (κ2) is 5.57. The van der Waals surface area contributed by atoms with E-state index >= 15 is 0 Å². The van der Waals surface area contributed by atoms with Crippen molar-refractivity contribution < 1.29 is 0 Å². The van der Waals surface area contributed by atoms with Crippen LogP contribution in [0.1, 0.15) is 25.0 Å². The van der Waals surface area contributed by atoms with Gasteiger partial charge in [0, 0.05) is 0 Å². The fourth-order valence-corrected chi connectivity index (χ4v) is 3.16. The van der Waals surface area contributed by atoms with Gasteiger partial charge in [0.2, 0.25) is 0 Å². The van der Waals surface area contributed by atoms with Crippen molar-refractivity contribution in [3.05, 3.63) is 77.9 Å². The summed E-state index contributed by atoms with van der Waals surface area (Å²) in [6.45, 7) is 6.40. The third-order valence-electron chi connectivity index (χ3n) is 4.15. The number of hydrogen-bond acceptors (Lipinski definition) is 0. The molecule has 0 aliphatic carbocycles. The van der Waals surface area contributed by atoms with Crippen molar-refractivity contribution in [3.8, 4) is 0 Å². The number of benzene rings is 3. The Morgan fingerprint density at radius 1 is 0.762 bits per heavy atom. The van der Waals surface area contributed by atoms with Gasteiger partial charge in [-0.2, -0.15) is 0 Å². The Bertz CT molecular complexity index is 807. The van der Waals surface area contributed by atoms with E-state index in [9.17, 15) is 0 Å². The normalized spacial score (nSPS) is 12.6. The minimum absolute atomic E-state index is 1.28. The van der Waals surface area contributed by atoms with Crippen LogP contribution in [-0.2, 0) is 0 Å². The standard InChI is InChI=1S/C21H20/c1-4-10-16(5-2)21-19-13-8-6-11-17(19)15(3)18-12-7-9-14-20(18)21/h4-14H,1-3H3/b10-4-,16-5+. The van der Waals surface area contributed by atoms with Gasteiger partial charge in [-0.3, -0.25) is 0 Å². The van der Waals surface area contributed by atoms with E-state index in [1.807, 2.05) is 0 Å². The minimum Gasteiger partial charge on any atom is -0.0871 e. The van der Waals surface area contributed by atoms with Gasteiger partial charge < -0.3 is 0 Å². The largest absolute Gasteiger partial charge is 0.0871 e. The van der Waals surface area contributed by atoms with E-state index in [2.05, 4.69) is 87.5 Å². The van der Waals surface area contributed by atoms with Crippen LogP contribution in [0.2, 0.25) is 0 Å². The predicted molar refractivity (Wildman–Crippen MR) is 94.7 cm³/mol. The van der Waals surface area contributed by atoms with Gasteiger partial charge in [0.25, 0.3) is 0 Å². The molecule has 0 aliphatic heterocycles. The van der Waals surface area contributed by atoms with Gasteiger partial charge in [0.15, 0.2) is 0 Å². The lowest BCUT2D eigenvalue weighted by molar-refractivity contribution is 1.56. The van der Waals surface area contributed by atoms with Crippen molar-refractivity contribution in [1.29, 1.82) is 0 Å². The molecule has 3 aromatic rings. The van der Waals surface area contributed by atoms with E-state index < -0.39 is 0 Å². The maximum atomic E-state index is 2.23. The lowest BCUT2D eigenvalue weighted by atomic mass is 9.88. The van der Waals surface area contributed by atoms with Gasteiger partial charge in [-0.15, -0.1) is 0 Å². The summed E-state index contributed by atoms with van der Waals surface area (Å²) in [6.07, 6.45) is 6.51. The van der Waals surface area contributed by atoms with E-state index in [0.717, 1.165) is 0 Å².